The van der Waals surface area contributed by atoms with E-state index in [1.807, 2.05) is 57.2 Å². The smallest absolute Gasteiger partial charge is 0.264 e. The van der Waals surface area contributed by atoms with Gasteiger partial charge in [0.15, 0.2) is 0 Å². The molecule has 1 fully saturated rings. The molecule has 3 aromatic rings. The Morgan fingerprint density at radius 1 is 0.878 bits per heavy atom. The number of hydrogen-bond donors (Lipinski definition) is 1. The summed E-state index contributed by atoms with van der Waals surface area (Å²) in [7, 11) is -4.08. The number of aryl methyl sites for hydroxylation is 1. The molecule has 0 saturated heterocycles. The number of carbonyl (C=O) groups excluding carboxylic acids is 2. The molecule has 0 heterocycles. The molecular formula is C33H41N3O4S. The molecule has 0 aliphatic heterocycles. The molecule has 0 radical (unpaired) electrons. The molecule has 0 spiro atoms. The van der Waals surface area contributed by atoms with Crippen LogP contribution < -0.4 is 9.62 Å². The summed E-state index contributed by atoms with van der Waals surface area (Å²) in [5.41, 5.74) is 3.01. The van der Waals surface area contributed by atoms with Gasteiger partial charge in [-0.25, -0.2) is 8.42 Å². The standard InChI is InChI=1S/C33H41N3O4S/c1-4-30(33(38)34-28-18-10-6-11-19-28)35(23-27-16-8-5-9-17-27)32(37)24-36(31-22-14-15-25(2)26(31)3)41(39,40)29-20-12-7-13-21-29/h5,7-9,12-17,20-22,28,30H,4,6,10-11,18-19,23-24H2,1-3H3,(H,34,38). The summed E-state index contributed by atoms with van der Waals surface area (Å²) in [5, 5.41) is 3.18. The van der Waals surface area contributed by atoms with Gasteiger partial charge in [0.05, 0.1) is 10.6 Å². The number of sulfonamides is 1. The van der Waals surface area contributed by atoms with Crippen LogP contribution in [0.4, 0.5) is 5.69 Å². The lowest BCUT2D eigenvalue weighted by Gasteiger charge is -2.35. The van der Waals surface area contributed by atoms with Gasteiger partial charge in [-0.15, -0.1) is 0 Å². The van der Waals surface area contributed by atoms with E-state index in [9.17, 15) is 18.0 Å². The topological polar surface area (TPSA) is 86.8 Å². The zero-order chi connectivity index (χ0) is 29.4. The average Bonchev–Trinajstić information content (AvgIpc) is 2.98. The molecule has 0 aromatic heterocycles. The SMILES string of the molecule is CCC(C(=O)NC1CCCCC1)N(Cc1ccccc1)C(=O)CN(c1cccc(C)c1C)S(=O)(=O)c1ccccc1. The zero-order valence-corrected chi connectivity index (χ0v) is 25.1. The fourth-order valence-electron chi connectivity index (χ4n) is 5.48. The Bertz CT molecular complexity index is 1420. The fraction of sp³-hybridized carbons (Fsp3) is 0.394. The molecule has 1 aliphatic carbocycles. The first kappa shape index (κ1) is 30.3. The van der Waals surface area contributed by atoms with Crippen LogP contribution in [0.15, 0.2) is 83.8 Å². The van der Waals surface area contributed by atoms with E-state index in [1.54, 1.807) is 35.2 Å². The lowest BCUT2D eigenvalue weighted by atomic mass is 9.95. The highest BCUT2D eigenvalue weighted by Crippen LogP contribution is 2.29. The zero-order valence-electron chi connectivity index (χ0n) is 24.3. The molecule has 41 heavy (non-hydrogen) atoms. The lowest BCUT2D eigenvalue weighted by Crippen LogP contribution is -2.54. The molecular weight excluding hydrogens is 534 g/mol. The van der Waals surface area contributed by atoms with Crippen LogP contribution in [0, 0.1) is 13.8 Å². The van der Waals surface area contributed by atoms with E-state index >= 15 is 0 Å². The maximum Gasteiger partial charge on any atom is 0.264 e. The maximum absolute atomic E-state index is 14.2. The Morgan fingerprint density at radius 3 is 2.15 bits per heavy atom. The number of anilines is 1. The summed E-state index contributed by atoms with van der Waals surface area (Å²) in [5.74, 6) is -0.618. The Hall–Kier alpha value is -3.65. The van der Waals surface area contributed by atoms with Gasteiger partial charge in [0, 0.05) is 12.6 Å². The normalized spacial score (nSPS) is 14.7. The summed E-state index contributed by atoms with van der Waals surface area (Å²) in [4.78, 5) is 29.5. The molecule has 0 bridgehead atoms. The highest BCUT2D eigenvalue weighted by atomic mass is 32.2. The molecule has 1 unspecified atom stereocenters. The number of rotatable bonds is 11. The minimum absolute atomic E-state index is 0.101. The molecule has 1 saturated carbocycles. The predicted molar refractivity (Wildman–Crippen MR) is 163 cm³/mol. The summed E-state index contributed by atoms with van der Waals surface area (Å²) in [6.45, 7) is 5.43. The van der Waals surface area contributed by atoms with Crippen molar-refractivity contribution in [1.29, 1.82) is 0 Å². The minimum Gasteiger partial charge on any atom is -0.352 e. The predicted octanol–water partition coefficient (Wildman–Crippen LogP) is 5.76. The van der Waals surface area contributed by atoms with Gasteiger partial charge in [-0.2, -0.15) is 0 Å². The van der Waals surface area contributed by atoms with Crippen LogP contribution in [0.1, 0.15) is 62.1 Å². The van der Waals surface area contributed by atoms with Gasteiger partial charge in [-0.3, -0.25) is 13.9 Å². The van der Waals surface area contributed by atoms with Crippen LogP contribution in [-0.2, 0) is 26.2 Å². The summed E-state index contributed by atoms with van der Waals surface area (Å²) < 4.78 is 29.2. The van der Waals surface area contributed by atoms with Crippen LogP contribution in [0.5, 0.6) is 0 Å². The lowest BCUT2D eigenvalue weighted by molar-refractivity contribution is -0.140. The van der Waals surface area contributed by atoms with Gasteiger partial charge in [-0.1, -0.05) is 86.8 Å². The van der Waals surface area contributed by atoms with Crippen LogP contribution in [-0.4, -0.2) is 43.8 Å². The quantitative estimate of drug-likeness (QED) is 0.315. The highest BCUT2D eigenvalue weighted by molar-refractivity contribution is 7.92. The molecule has 1 atom stereocenters. The number of nitrogens with zero attached hydrogens (tertiary/aromatic N) is 2. The Morgan fingerprint density at radius 2 is 1.51 bits per heavy atom. The Kier molecular flexibility index (Phi) is 10.2. The molecule has 218 valence electrons. The van der Waals surface area contributed by atoms with E-state index in [0.29, 0.717) is 12.1 Å². The molecule has 1 aliphatic rings. The van der Waals surface area contributed by atoms with Crippen molar-refractivity contribution in [3.8, 4) is 0 Å². The van der Waals surface area contributed by atoms with Crippen molar-refractivity contribution < 1.29 is 18.0 Å². The van der Waals surface area contributed by atoms with Gasteiger partial charge in [0.1, 0.15) is 12.6 Å². The van der Waals surface area contributed by atoms with Crippen LogP contribution >= 0.6 is 0 Å². The number of hydrogen-bond acceptors (Lipinski definition) is 4. The van der Waals surface area contributed by atoms with E-state index in [4.69, 9.17) is 0 Å². The second-order valence-corrected chi connectivity index (χ2v) is 12.7. The van der Waals surface area contributed by atoms with E-state index in [1.165, 1.54) is 22.9 Å². The number of carbonyl (C=O) groups is 2. The van der Waals surface area contributed by atoms with Crippen LogP contribution in [0.3, 0.4) is 0 Å². The van der Waals surface area contributed by atoms with E-state index < -0.39 is 28.5 Å². The van der Waals surface area contributed by atoms with Gasteiger partial charge in [0.25, 0.3) is 10.0 Å². The Balaban J connectivity index is 1.71. The molecule has 3 aromatic carbocycles. The molecule has 4 rings (SSSR count). The minimum atomic E-state index is -4.08. The van der Waals surface area contributed by atoms with Crippen molar-refractivity contribution in [2.75, 3.05) is 10.8 Å². The van der Waals surface area contributed by atoms with Crippen molar-refractivity contribution in [3.05, 3.63) is 95.6 Å². The largest absolute Gasteiger partial charge is 0.352 e. The number of nitrogens with one attached hydrogen (secondary N) is 1. The molecule has 8 heteroatoms. The monoisotopic (exact) mass is 575 g/mol. The van der Waals surface area contributed by atoms with Crippen molar-refractivity contribution in [1.82, 2.24) is 10.2 Å². The van der Waals surface area contributed by atoms with Crippen molar-refractivity contribution in [2.24, 2.45) is 0 Å². The van der Waals surface area contributed by atoms with Gasteiger partial charge < -0.3 is 10.2 Å². The second-order valence-electron chi connectivity index (χ2n) is 10.8. The fourth-order valence-corrected chi connectivity index (χ4v) is 6.98. The van der Waals surface area contributed by atoms with Gasteiger partial charge in [0.2, 0.25) is 11.8 Å². The Labute approximate surface area is 244 Å². The first-order valence-corrected chi connectivity index (χ1v) is 15.9. The van der Waals surface area contributed by atoms with Crippen molar-refractivity contribution >= 4 is 27.5 Å². The molecule has 2 amide bonds. The molecule has 1 N–H and O–H groups in total. The number of amides is 2. The average molecular weight is 576 g/mol. The maximum atomic E-state index is 14.2. The summed E-state index contributed by atoms with van der Waals surface area (Å²) in [6.07, 6.45) is 5.61. The molecule has 7 nitrogen and oxygen atoms in total. The first-order chi connectivity index (χ1) is 19.7. The van der Waals surface area contributed by atoms with Crippen LogP contribution in [0.2, 0.25) is 0 Å². The summed E-state index contributed by atoms with van der Waals surface area (Å²) >= 11 is 0. The van der Waals surface area contributed by atoms with Gasteiger partial charge >= 0.3 is 0 Å². The third-order valence-corrected chi connectivity index (χ3v) is 9.76. The van der Waals surface area contributed by atoms with Crippen molar-refractivity contribution in [3.63, 3.8) is 0 Å². The first-order valence-electron chi connectivity index (χ1n) is 14.5. The third kappa shape index (κ3) is 7.36. The van der Waals surface area contributed by atoms with Gasteiger partial charge in [-0.05, 0) is 68.0 Å². The van der Waals surface area contributed by atoms with E-state index in [2.05, 4.69) is 5.32 Å². The third-order valence-electron chi connectivity index (χ3n) is 7.99. The second kappa shape index (κ2) is 13.8. The van der Waals surface area contributed by atoms with E-state index in [0.717, 1.165) is 42.4 Å². The van der Waals surface area contributed by atoms with Crippen LogP contribution in [0.25, 0.3) is 0 Å². The number of benzene rings is 3. The van der Waals surface area contributed by atoms with E-state index in [-0.39, 0.29) is 23.4 Å². The summed E-state index contributed by atoms with van der Waals surface area (Å²) in [6, 6.07) is 22.5. The van der Waals surface area contributed by atoms with Crippen molar-refractivity contribution in [2.45, 2.75) is 82.8 Å². The highest BCUT2D eigenvalue weighted by Gasteiger charge is 2.35.